The minimum absolute atomic E-state index is 0.425. The molecule has 0 bridgehead atoms. The van der Waals surface area contributed by atoms with Crippen LogP contribution in [0.5, 0.6) is 0 Å². The van der Waals surface area contributed by atoms with Crippen LogP contribution in [0.3, 0.4) is 0 Å². The second-order valence-corrected chi connectivity index (χ2v) is 9.57. The van der Waals surface area contributed by atoms with Crippen molar-refractivity contribution in [1.29, 1.82) is 0 Å². The van der Waals surface area contributed by atoms with E-state index in [-0.39, 0.29) is 0 Å². The maximum Gasteiger partial charge on any atom is 0.0770 e. The summed E-state index contributed by atoms with van der Waals surface area (Å²) in [5, 5.41) is 10.2. The van der Waals surface area contributed by atoms with Gasteiger partial charge in [0.25, 0.3) is 0 Å². The van der Waals surface area contributed by atoms with Crippen LogP contribution in [0.2, 0.25) is 0 Å². The highest BCUT2D eigenvalue weighted by molar-refractivity contribution is 4.95. The average Bonchev–Trinajstić information content (AvgIpc) is 2.63. The van der Waals surface area contributed by atoms with Gasteiger partial charge in [-0.2, -0.15) is 10.2 Å². The van der Waals surface area contributed by atoms with Crippen LogP contribution < -0.4 is 0 Å². The molecule has 0 aromatic carbocycles. The number of hydrogen-bond acceptors (Lipinski definition) is 2. The molecular weight excluding hydrogens is 340 g/mol. The van der Waals surface area contributed by atoms with E-state index >= 15 is 0 Å². The van der Waals surface area contributed by atoms with Crippen molar-refractivity contribution in [1.82, 2.24) is 0 Å². The van der Waals surface area contributed by atoms with Gasteiger partial charge >= 0.3 is 0 Å². The van der Waals surface area contributed by atoms with E-state index in [1.54, 1.807) is 0 Å². The number of allylic oxidation sites excluding steroid dienone is 2. The molecular formula is C26H44N2. The standard InChI is InChI=1S/C26H44N2/c1-2-10-16-22-26(24-19-13-7-4-8-14-20-24)28-27-25(21-15-9-1)23-17-11-5-3-6-12-18-23/h9-10,15-16,23-26H,1-8,11-14,17-22H2/b15-9+,16-10+,28-27+. The Bertz CT molecular complexity index is 433. The monoisotopic (exact) mass is 384 g/mol. The molecule has 1 aliphatic heterocycles. The largest absolute Gasteiger partial charge is 0.190 e. The molecule has 0 aromatic rings. The lowest BCUT2D eigenvalue weighted by Gasteiger charge is -2.27. The minimum atomic E-state index is 0.425. The van der Waals surface area contributed by atoms with Crippen LogP contribution in [0.1, 0.15) is 116 Å². The Labute approximate surface area is 174 Å². The summed E-state index contributed by atoms with van der Waals surface area (Å²) in [4.78, 5) is 0. The van der Waals surface area contributed by atoms with Gasteiger partial charge in [-0.3, -0.25) is 0 Å². The highest BCUT2D eigenvalue weighted by Crippen LogP contribution is 2.32. The molecule has 2 nitrogen and oxygen atoms in total. The SMILES string of the molecule is C1=C/CC(C2CCCCCCC2)/N=N/C(C2CCCCCCC2)C/C=C/CC/1. The van der Waals surface area contributed by atoms with E-state index in [2.05, 4.69) is 24.3 Å². The molecule has 2 atom stereocenters. The van der Waals surface area contributed by atoms with Crippen molar-refractivity contribution in [3.8, 4) is 0 Å². The van der Waals surface area contributed by atoms with Crippen LogP contribution in [0.15, 0.2) is 34.5 Å². The molecule has 0 aromatic heterocycles. The molecule has 3 rings (SSSR count). The van der Waals surface area contributed by atoms with E-state index in [9.17, 15) is 0 Å². The topological polar surface area (TPSA) is 24.7 Å². The molecule has 2 fully saturated rings. The van der Waals surface area contributed by atoms with Crippen LogP contribution in [0, 0.1) is 11.8 Å². The van der Waals surface area contributed by atoms with Gasteiger partial charge in [0.15, 0.2) is 0 Å². The fourth-order valence-corrected chi connectivity index (χ4v) is 5.48. The van der Waals surface area contributed by atoms with Gasteiger partial charge in [0, 0.05) is 0 Å². The van der Waals surface area contributed by atoms with E-state index in [0.29, 0.717) is 12.1 Å². The predicted octanol–water partition coefficient (Wildman–Crippen LogP) is 8.58. The average molecular weight is 385 g/mol. The quantitative estimate of drug-likeness (QED) is 0.426. The first-order valence-corrected chi connectivity index (χ1v) is 12.6. The first kappa shape index (κ1) is 21.8. The van der Waals surface area contributed by atoms with Gasteiger partial charge in [-0.05, 0) is 63.2 Å². The molecule has 2 unspecified atom stereocenters. The van der Waals surface area contributed by atoms with Crippen molar-refractivity contribution in [3.05, 3.63) is 24.3 Å². The number of hydrogen-bond donors (Lipinski definition) is 0. The van der Waals surface area contributed by atoms with Gasteiger partial charge in [-0.15, -0.1) is 0 Å². The van der Waals surface area contributed by atoms with Gasteiger partial charge < -0.3 is 0 Å². The Hall–Kier alpha value is -0.920. The Balaban J connectivity index is 1.71. The maximum absolute atomic E-state index is 5.10. The Morgan fingerprint density at radius 2 is 0.786 bits per heavy atom. The molecule has 0 amide bonds. The third-order valence-corrected chi connectivity index (χ3v) is 7.34. The lowest BCUT2D eigenvalue weighted by molar-refractivity contribution is 0.292. The maximum atomic E-state index is 5.10. The normalized spacial score (nSPS) is 33.9. The summed E-state index contributed by atoms with van der Waals surface area (Å²) >= 11 is 0. The molecule has 0 N–H and O–H groups in total. The zero-order valence-electron chi connectivity index (χ0n) is 18.2. The van der Waals surface area contributed by atoms with Crippen molar-refractivity contribution in [2.75, 3.05) is 0 Å². The summed E-state index contributed by atoms with van der Waals surface area (Å²) in [5.74, 6) is 1.51. The molecule has 0 spiro atoms. The van der Waals surface area contributed by atoms with Gasteiger partial charge in [-0.25, -0.2) is 0 Å². The fourth-order valence-electron chi connectivity index (χ4n) is 5.48. The van der Waals surface area contributed by atoms with Crippen LogP contribution in [-0.2, 0) is 0 Å². The van der Waals surface area contributed by atoms with Crippen LogP contribution in [0.4, 0.5) is 0 Å². The van der Waals surface area contributed by atoms with Gasteiger partial charge in [0.2, 0.25) is 0 Å². The zero-order valence-corrected chi connectivity index (χ0v) is 18.2. The minimum Gasteiger partial charge on any atom is -0.190 e. The van der Waals surface area contributed by atoms with E-state index < -0.39 is 0 Å². The predicted molar refractivity (Wildman–Crippen MR) is 121 cm³/mol. The van der Waals surface area contributed by atoms with Crippen molar-refractivity contribution in [3.63, 3.8) is 0 Å². The first-order chi connectivity index (χ1) is 13.9. The first-order valence-electron chi connectivity index (χ1n) is 12.6. The molecule has 0 radical (unpaired) electrons. The Morgan fingerprint density at radius 1 is 0.429 bits per heavy atom. The molecule has 1 heterocycles. The van der Waals surface area contributed by atoms with Crippen molar-refractivity contribution >= 4 is 0 Å². The van der Waals surface area contributed by atoms with Gasteiger partial charge in [-0.1, -0.05) is 88.5 Å². The number of rotatable bonds is 2. The summed E-state index contributed by atoms with van der Waals surface area (Å²) in [7, 11) is 0. The summed E-state index contributed by atoms with van der Waals surface area (Å²) in [6.45, 7) is 0. The molecule has 2 heteroatoms. The second-order valence-electron chi connectivity index (χ2n) is 9.57. The molecule has 3 aliphatic rings. The van der Waals surface area contributed by atoms with E-state index in [1.807, 2.05) is 0 Å². The van der Waals surface area contributed by atoms with Gasteiger partial charge in [0.05, 0.1) is 12.1 Å². The highest BCUT2D eigenvalue weighted by Gasteiger charge is 2.24. The second kappa shape index (κ2) is 13.3. The van der Waals surface area contributed by atoms with Crippen LogP contribution in [-0.4, -0.2) is 12.1 Å². The van der Waals surface area contributed by atoms with E-state index in [4.69, 9.17) is 10.2 Å². The van der Waals surface area contributed by atoms with E-state index in [0.717, 1.165) is 24.7 Å². The van der Waals surface area contributed by atoms with Crippen molar-refractivity contribution in [2.24, 2.45) is 22.1 Å². The zero-order chi connectivity index (χ0) is 19.3. The van der Waals surface area contributed by atoms with E-state index in [1.165, 1.54) is 103 Å². The fraction of sp³-hybridized carbons (Fsp3) is 0.846. The Morgan fingerprint density at radius 3 is 1.18 bits per heavy atom. The molecule has 0 saturated heterocycles. The lowest BCUT2D eigenvalue weighted by atomic mass is 9.84. The summed E-state index contributed by atoms with van der Waals surface area (Å²) < 4.78 is 0. The lowest BCUT2D eigenvalue weighted by Crippen LogP contribution is -2.22. The van der Waals surface area contributed by atoms with Gasteiger partial charge in [0.1, 0.15) is 0 Å². The Kier molecular flexibility index (Phi) is 10.4. The van der Waals surface area contributed by atoms with Crippen LogP contribution in [0.25, 0.3) is 0 Å². The molecule has 158 valence electrons. The number of azo groups is 1. The molecule has 2 aliphatic carbocycles. The number of nitrogens with zero attached hydrogens (tertiary/aromatic N) is 2. The third-order valence-electron chi connectivity index (χ3n) is 7.34. The van der Waals surface area contributed by atoms with Crippen LogP contribution >= 0.6 is 0 Å². The summed E-state index contributed by atoms with van der Waals surface area (Å²) in [6.07, 6.45) is 33.8. The summed E-state index contributed by atoms with van der Waals surface area (Å²) in [5.41, 5.74) is 0. The van der Waals surface area contributed by atoms with Crippen molar-refractivity contribution in [2.45, 2.75) is 128 Å². The highest BCUT2D eigenvalue weighted by atomic mass is 15.1. The summed E-state index contributed by atoms with van der Waals surface area (Å²) in [6, 6.07) is 0.850. The molecule has 28 heavy (non-hydrogen) atoms. The van der Waals surface area contributed by atoms with Crippen molar-refractivity contribution < 1.29 is 0 Å². The smallest absolute Gasteiger partial charge is 0.0770 e. The third kappa shape index (κ3) is 7.84. The molecule has 2 saturated carbocycles.